The largest absolute Gasteiger partial charge is 0.365 e. The van der Waals surface area contributed by atoms with Crippen LogP contribution in [0.5, 0.6) is 0 Å². The van der Waals surface area contributed by atoms with Gasteiger partial charge in [-0.05, 0) is 24.6 Å². The van der Waals surface area contributed by atoms with Crippen molar-refractivity contribution in [3.63, 3.8) is 0 Å². The first-order valence-electron chi connectivity index (χ1n) is 4.59. The first-order valence-corrected chi connectivity index (χ1v) is 4.59. The minimum atomic E-state index is -0.294. The topological polar surface area (TPSA) is 61.2 Å². The Morgan fingerprint density at radius 1 is 1.50 bits per heavy atom. The number of rotatable bonds is 2. The van der Waals surface area contributed by atoms with Gasteiger partial charge in [-0.1, -0.05) is 6.07 Å². The van der Waals surface area contributed by atoms with E-state index in [4.69, 9.17) is 10.3 Å². The molecule has 0 aliphatic heterocycles. The fraction of sp³-hybridized carbons (Fsp3) is 0.300. The van der Waals surface area contributed by atoms with Crippen LogP contribution in [0.15, 0.2) is 27.5 Å². The Kier molecular flexibility index (Phi) is 2.13. The van der Waals surface area contributed by atoms with Gasteiger partial charge in [0.25, 0.3) is 0 Å². The summed E-state index contributed by atoms with van der Waals surface area (Å²) in [5, 5.41) is 0.606. The number of aromatic nitrogens is 1. The lowest BCUT2D eigenvalue weighted by Crippen LogP contribution is -1.97. The molecule has 0 saturated carbocycles. The van der Waals surface area contributed by atoms with Gasteiger partial charge in [0.1, 0.15) is 0 Å². The lowest BCUT2D eigenvalue weighted by molar-refractivity contribution is 0.270. The summed E-state index contributed by atoms with van der Waals surface area (Å²) in [6.45, 7) is 3.02. The third kappa shape index (κ3) is 1.24. The van der Waals surface area contributed by atoms with Gasteiger partial charge in [-0.3, -0.25) is 0 Å². The summed E-state index contributed by atoms with van der Waals surface area (Å²) in [6, 6.07) is 5.56. The Morgan fingerprint density at radius 2 is 2.29 bits per heavy atom. The van der Waals surface area contributed by atoms with E-state index >= 15 is 0 Å². The van der Waals surface area contributed by atoms with Gasteiger partial charge in [-0.15, -0.1) is 0 Å². The lowest BCUT2D eigenvalue weighted by atomic mass is 10.1. The zero-order valence-corrected chi connectivity index (χ0v) is 7.99. The van der Waals surface area contributed by atoms with Crippen LogP contribution in [0, 0.1) is 0 Å². The standard InChI is InChI=1S/C10H12N2O2/c1-2-12-9-4-3-7(6-11)5-8(9)10(13)14-12/h3-5H,2,6,11H2,1H3. The minimum Gasteiger partial charge on any atom is -0.335 e. The van der Waals surface area contributed by atoms with Crippen molar-refractivity contribution in [1.29, 1.82) is 0 Å². The van der Waals surface area contributed by atoms with Crippen molar-refractivity contribution in [2.45, 2.75) is 20.0 Å². The van der Waals surface area contributed by atoms with Crippen LogP contribution in [-0.4, -0.2) is 4.74 Å². The van der Waals surface area contributed by atoms with E-state index in [0.29, 0.717) is 18.5 Å². The smallest absolute Gasteiger partial charge is 0.335 e. The molecule has 0 radical (unpaired) electrons. The number of hydrogen-bond acceptors (Lipinski definition) is 3. The van der Waals surface area contributed by atoms with Gasteiger partial charge in [0.2, 0.25) is 0 Å². The van der Waals surface area contributed by atoms with Crippen LogP contribution in [0.25, 0.3) is 10.9 Å². The second-order valence-electron chi connectivity index (χ2n) is 3.13. The molecular formula is C10H12N2O2. The highest BCUT2D eigenvalue weighted by Crippen LogP contribution is 2.13. The van der Waals surface area contributed by atoms with E-state index in [1.165, 1.54) is 0 Å². The summed E-state index contributed by atoms with van der Waals surface area (Å²) >= 11 is 0. The highest BCUT2D eigenvalue weighted by Gasteiger charge is 2.07. The Balaban J connectivity index is 2.77. The molecule has 2 rings (SSSR count). The van der Waals surface area contributed by atoms with E-state index in [2.05, 4.69) is 0 Å². The highest BCUT2D eigenvalue weighted by atomic mass is 16.5. The predicted molar refractivity (Wildman–Crippen MR) is 54.0 cm³/mol. The summed E-state index contributed by atoms with van der Waals surface area (Å²) < 4.78 is 6.62. The van der Waals surface area contributed by atoms with Crippen molar-refractivity contribution in [2.75, 3.05) is 0 Å². The number of nitrogens with zero attached hydrogens (tertiary/aromatic N) is 1. The second kappa shape index (κ2) is 3.31. The van der Waals surface area contributed by atoms with Gasteiger partial charge in [0.05, 0.1) is 17.4 Å². The zero-order valence-electron chi connectivity index (χ0n) is 7.99. The monoisotopic (exact) mass is 192 g/mol. The minimum absolute atomic E-state index is 0.294. The van der Waals surface area contributed by atoms with E-state index < -0.39 is 0 Å². The zero-order chi connectivity index (χ0) is 10.1. The Hall–Kier alpha value is -1.55. The van der Waals surface area contributed by atoms with E-state index in [9.17, 15) is 4.79 Å². The molecule has 0 atom stereocenters. The average Bonchev–Trinajstić information content (AvgIpc) is 2.55. The molecule has 4 nitrogen and oxygen atoms in total. The molecule has 0 amide bonds. The molecule has 74 valence electrons. The van der Waals surface area contributed by atoms with Gasteiger partial charge < -0.3 is 10.3 Å². The Morgan fingerprint density at radius 3 is 2.93 bits per heavy atom. The van der Waals surface area contributed by atoms with Crippen molar-refractivity contribution < 1.29 is 4.52 Å². The molecule has 1 aromatic carbocycles. The van der Waals surface area contributed by atoms with Crippen LogP contribution in [0.2, 0.25) is 0 Å². The molecule has 0 bridgehead atoms. The molecular weight excluding hydrogens is 180 g/mol. The maximum atomic E-state index is 11.4. The van der Waals surface area contributed by atoms with Gasteiger partial charge in [-0.25, -0.2) is 9.53 Å². The maximum Gasteiger partial charge on any atom is 0.365 e. The summed E-state index contributed by atoms with van der Waals surface area (Å²) in [7, 11) is 0. The maximum absolute atomic E-state index is 11.4. The third-order valence-corrected chi connectivity index (χ3v) is 2.27. The first-order chi connectivity index (χ1) is 6.76. The van der Waals surface area contributed by atoms with Gasteiger partial charge in [-0.2, -0.15) is 0 Å². The number of benzene rings is 1. The summed E-state index contributed by atoms with van der Waals surface area (Å²) in [5.74, 6) is 0. The highest BCUT2D eigenvalue weighted by molar-refractivity contribution is 5.78. The predicted octanol–water partition coefficient (Wildman–Crippen LogP) is 1.07. The van der Waals surface area contributed by atoms with E-state index in [1.807, 2.05) is 19.1 Å². The molecule has 14 heavy (non-hydrogen) atoms. The molecule has 1 aromatic heterocycles. The first kappa shape index (κ1) is 9.02. The molecule has 0 saturated heterocycles. The van der Waals surface area contributed by atoms with Crippen molar-refractivity contribution in [3.8, 4) is 0 Å². The van der Waals surface area contributed by atoms with Crippen molar-refractivity contribution in [1.82, 2.24) is 4.74 Å². The molecule has 0 fully saturated rings. The molecule has 4 heteroatoms. The number of aryl methyl sites for hydroxylation is 1. The summed E-state index contributed by atoms with van der Waals surface area (Å²) in [4.78, 5) is 11.4. The lowest BCUT2D eigenvalue weighted by Gasteiger charge is -1.97. The second-order valence-corrected chi connectivity index (χ2v) is 3.13. The molecule has 2 N–H and O–H groups in total. The van der Waals surface area contributed by atoms with E-state index in [-0.39, 0.29) is 5.63 Å². The van der Waals surface area contributed by atoms with Crippen LogP contribution in [-0.2, 0) is 13.1 Å². The van der Waals surface area contributed by atoms with Crippen LogP contribution < -0.4 is 11.4 Å². The molecule has 0 aliphatic rings. The number of hydrogen-bond donors (Lipinski definition) is 1. The Bertz CT molecular complexity index is 510. The van der Waals surface area contributed by atoms with Gasteiger partial charge in [0.15, 0.2) is 0 Å². The summed E-state index contributed by atoms with van der Waals surface area (Å²) in [5.41, 5.74) is 6.97. The third-order valence-electron chi connectivity index (χ3n) is 2.27. The van der Waals surface area contributed by atoms with E-state index in [0.717, 1.165) is 11.1 Å². The number of fused-ring (bicyclic) bond motifs is 1. The van der Waals surface area contributed by atoms with Gasteiger partial charge >= 0.3 is 5.63 Å². The van der Waals surface area contributed by atoms with Crippen molar-refractivity contribution in [2.24, 2.45) is 5.73 Å². The normalized spacial score (nSPS) is 11.0. The van der Waals surface area contributed by atoms with Crippen LogP contribution >= 0.6 is 0 Å². The Labute approximate surface area is 80.9 Å². The molecule has 1 heterocycles. The van der Waals surface area contributed by atoms with Crippen LogP contribution in [0.3, 0.4) is 0 Å². The fourth-order valence-corrected chi connectivity index (χ4v) is 1.52. The quantitative estimate of drug-likeness (QED) is 0.774. The van der Waals surface area contributed by atoms with Crippen LogP contribution in [0.4, 0.5) is 0 Å². The molecule has 0 unspecified atom stereocenters. The average molecular weight is 192 g/mol. The SMILES string of the molecule is CCn1oc(=O)c2cc(CN)ccc21. The van der Waals surface area contributed by atoms with Gasteiger partial charge in [0, 0.05) is 6.54 Å². The van der Waals surface area contributed by atoms with Crippen molar-refractivity contribution >= 4 is 10.9 Å². The summed E-state index contributed by atoms with van der Waals surface area (Å²) in [6.07, 6.45) is 0. The van der Waals surface area contributed by atoms with E-state index in [1.54, 1.807) is 10.8 Å². The molecule has 2 aromatic rings. The molecule has 0 spiro atoms. The fourth-order valence-electron chi connectivity index (χ4n) is 1.52. The number of nitrogens with two attached hydrogens (primary N) is 1. The molecule has 0 aliphatic carbocycles. The van der Waals surface area contributed by atoms with Crippen LogP contribution in [0.1, 0.15) is 12.5 Å². The van der Waals surface area contributed by atoms with Crippen molar-refractivity contribution in [3.05, 3.63) is 34.2 Å².